The van der Waals surface area contributed by atoms with Gasteiger partial charge in [-0.2, -0.15) is 0 Å². The minimum Gasteiger partial charge on any atom is -0.271 e. The van der Waals surface area contributed by atoms with Crippen LogP contribution in [0, 0.1) is 5.92 Å². The second kappa shape index (κ2) is 4.53. The van der Waals surface area contributed by atoms with Crippen molar-refractivity contribution in [3.8, 4) is 0 Å². The van der Waals surface area contributed by atoms with Gasteiger partial charge in [0.05, 0.1) is 6.54 Å². The summed E-state index contributed by atoms with van der Waals surface area (Å²) in [5.41, 5.74) is 1.57. The molecule has 0 aliphatic carbocycles. The average Bonchev–Trinajstić information content (AvgIpc) is 2.58. The lowest BCUT2D eigenvalue weighted by Crippen LogP contribution is -2.31. The summed E-state index contributed by atoms with van der Waals surface area (Å²) >= 11 is 0. The van der Waals surface area contributed by atoms with Gasteiger partial charge in [0.1, 0.15) is 0 Å². The smallest absolute Gasteiger partial charge is 0.257 e. The van der Waals surface area contributed by atoms with Crippen LogP contribution in [0.5, 0.6) is 0 Å². The lowest BCUT2D eigenvalue weighted by atomic mass is 10.0. The molecule has 0 saturated heterocycles. The SMILES string of the molecule is CC(C)C1=CC(=O)N(Cc2ccccc2)C1=O. The summed E-state index contributed by atoms with van der Waals surface area (Å²) in [6.45, 7) is 4.19. The molecule has 2 rings (SSSR count). The minimum absolute atomic E-state index is 0.0900. The Kier molecular flexibility index (Phi) is 3.09. The maximum Gasteiger partial charge on any atom is 0.257 e. The van der Waals surface area contributed by atoms with Crippen LogP contribution in [0.1, 0.15) is 19.4 Å². The first kappa shape index (κ1) is 11.6. The van der Waals surface area contributed by atoms with E-state index in [2.05, 4.69) is 0 Å². The number of hydrogen-bond donors (Lipinski definition) is 0. The first-order chi connectivity index (χ1) is 8.09. The zero-order valence-corrected chi connectivity index (χ0v) is 10.0. The summed E-state index contributed by atoms with van der Waals surface area (Å²) in [4.78, 5) is 25.0. The van der Waals surface area contributed by atoms with Crippen LogP contribution in [-0.4, -0.2) is 16.7 Å². The molecule has 0 atom stereocenters. The topological polar surface area (TPSA) is 37.4 Å². The van der Waals surface area contributed by atoms with Gasteiger partial charge in [0.2, 0.25) is 0 Å². The van der Waals surface area contributed by atoms with Crippen molar-refractivity contribution in [3.63, 3.8) is 0 Å². The van der Waals surface area contributed by atoms with Crippen molar-refractivity contribution in [2.45, 2.75) is 20.4 Å². The molecule has 88 valence electrons. The van der Waals surface area contributed by atoms with Crippen LogP contribution in [0.25, 0.3) is 0 Å². The molecule has 0 spiro atoms. The highest BCUT2D eigenvalue weighted by Gasteiger charge is 2.31. The van der Waals surface area contributed by atoms with Crippen molar-refractivity contribution >= 4 is 11.8 Å². The summed E-state index contributed by atoms with van der Waals surface area (Å²) < 4.78 is 0. The Morgan fingerprint density at radius 1 is 1.12 bits per heavy atom. The molecule has 1 aromatic rings. The fraction of sp³-hybridized carbons (Fsp3) is 0.286. The first-order valence-corrected chi connectivity index (χ1v) is 5.71. The predicted molar refractivity (Wildman–Crippen MR) is 64.9 cm³/mol. The largest absolute Gasteiger partial charge is 0.271 e. The van der Waals surface area contributed by atoms with E-state index < -0.39 is 0 Å². The Hall–Kier alpha value is -1.90. The number of amides is 2. The molecule has 17 heavy (non-hydrogen) atoms. The summed E-state index contributed by atoms with van der Waals surface area (Å²) in [5.74, 6) is -0.274. The fourth-order valence-corrected chi connectivity index (χ4v) is 1.86. The van der Waals surface area contributed by atoms with E-state index in [0.717, 1.165) is 5.56 Å². The fourth-order valence-electron chi connectivity index (χ4n) is 1.86. The first-order valence-electron chi connectivity index (χ1n) is 5.71. The Labute approximate surface area is 101 Å². The van der Waals surface area contributed by atoms with Gasteiger partial charge in [0, 0.05) is 11.6 Å². The molecule has 1 aliphatic heterocycles. The molecular formula is C14H15NO2. The van der Waals surface area contributed by atoms with Crippen LogP contribution in [0.2, 0.25) is 0 Å². The third-order valence-corrected chi connectivity index (χ3v) is 2.84. The quantitative estimate of drug-likeness (QED) is 0.745. The van der Waals surface area contributed by atoms with Crippen LogP contribution in [0.3, 0.4) is 0 Å². The van der Waals surface area contributed by atoms with Crippen molar-refractivity contribution < 1.29 is 9.59 Å². The Bertz CT molecular complexity index is 474. The van der Waals surface area contributed by atoms with E-state index in [1.807, 2.05) is 44.2 Å². The zero-order chi connectivity index (χ0) is 12.4. The molecule has 1 heterocycles. The molecule has 3 nitrogen and oxygen atoms in total. The lowest BCUT2D eigenvalue weighted by molar-refractivity contribution is -0.138. The highest BCUT2D eigenvalue weighted by atomic mass is 16.2. The van der Waals surface area contributed by atoms with Gasteiger partial charge in [-0.25, -0.2) is 0 Å². The summed E-state index contributed by atoms with van der Waals surface area (Å²) in [6, 6.07) is 9.53. The van der Waals surface area contributed by atoms with Crippen molar-refractivity contribution in [2.24, 2.45) is 5.92 Å². The average molecular weight is 229 g/mol. The second-order valence-electron chi connectivity index (χ2n) is 4.47. The minimum atomic E-state index is -0.206. The summed E-state index contributed by atoms with van der Waals surface area (Å²) in [5, 5.41) is 0. The van der Waals surface area contributed by atoms with Gasteiger partial charge < -0.3 is 0 Å². The molecule has 2 amide bonds. The van der Waals surface area contributed by atoms with Crippen LogP contribution in [0.15, 0.2) is 42.0 Å². The van der Waals surface area contributed by atoms with Gasteiger partial charge in [-0.05, 0) is 11.5 Å². The number of nitrogens with zero attached hydrogens (tertiary/aromatic N) is 1. The Morgan fingerprint density at radius 3 is 2.29 bits per heavy atom. The summed E-state index contributed by atoms with van der Waals surface area (Å²) in [6.07, 6.45) is 1.45. The van der Waals surface area contributed by atoms with E-state index in [9.17, 15) is 9.59 Å². The lowest BCUT2D eigenvalue weighted by Gasteiger charge is -2.15. The van der Waals surface area contributed by atoms with Crippen LogP contribution >= 0.6 is 0 Å². The molecular weight excluding hydrogens is 214 g/mol. The number of carbonyl (C=O) groups is 2. The molecule has 1 aliphatic rings. The monoisotopic (exact) mass is 229 g/mol. The number of imide groups is 1. The van der Waals surface area contributed by atoms with Crippen molar-refractivity contribution in [2.75, 3.05) is 0 Å². The molecule has 0 radical (unpaired) electrons. The van der Waals surface area contributed by atoms with E-state index in [1.165, 1.54) is 11.0 Å². The van der Waals surface area contributed by atoms with E-state index >= 15 is 0 Å². The van der Waals surface area contributed by atoms with E-state index in [1.54, 1.807) is 0 Å². The van der Waals surface area contributed by atoms with Crippen LogP contribution in [-0.2, 0) is 16.1 Å². The van der Waals surface area contributed by atoms with E-state index in [-0.39, 0.29) is 17.7 Å². The van der Waals surface area contributed by atoms with Gasteiger partial charge in [0.15, 0.2) is 0 Å². The highest BCUT2D eigenvalue weighted by Crippen LogP contribution is 2.21. The van der Waals surface area contributed by atoms with E-state index in [4.69, 9.17) is 0 Å². The molecule has 0 aromatic heterocycles. The van der Waals surface area contributed by atoms with Crippen LogP contribution in [0.4, 0.5) is 0 Å². The molecule has 0 fully saturated rings. The van der Waals surface area contributed by atoms with Gasteiger partial charge in [-0.3, -0.25) is 14.5 Å². The van der Waals surface area contributed by atoms with Crippen molar-refractivity contribution in [1.29, 1.82) is 0 Å². The van der Waals surface area contributed by atoms with E-state index in [0.29, 0.717) is 12.1 Å². The number of rotatable bonds is 3. The second-order valence-corrected chi connectivity index (χ2v) is 4.47. The maximum absolute atomic E-state index is 12.0. The normalized spacial score (nSPS) is 15.7. The van der Waals surface area contributed by atoms with Gasteiger partial charge in [0.25, 0.3) is 11.8 Å². The molecule has 0 bridgehead atoms. The van der Waals surface area contributed by atoms with Gasteiger partial charge in [-0.1, -0.05) is 44.2 Å². The maximum atomic E-state index is 12.0. The molecule has 3 heteroatoms. The Morgan fingerprint density at radius 2 is 1.76 bits per heavy atom. The van der Waals surface area contributed by atoms with Crippen molar-refractivity contribution in [3.05, 3.63) is 47.5 Å². The van der Waals surface area contributed by atoms with Gasteiger partial charge >= 0.3 is 0 Å². The summed E-state index contributed by atoms with van der Waals surface area (Å²) in [7, 11) is 0. The molecule has 0 N–H and O–H groups in total. The molecule has 0 unspecified atom stereocenters. The predicted octanol–water partition coefficient (Wildman–Crippen LogP) is 2.14. The molecule has 1 aromatic carbocycles. The number of benzene rings is 1. The standard InChI is InChI=1S/C14H15NO2/c1-10(2)12-8-13(16)15(14(12)17)9-11-6-4-3-5-7-11/h3-8,10H,9H2,1-2H3. The van der Waals surface area contributed by atoms with Crippen molar-refractivity contribution in [1.82, 2.24) is 4.90 Å². The number of hydrogen-bond acceptors (Lipinski definition) is 2. The zero-order valence-electron chi connectivity index (χ0n) is 10.0. The Balaban J connectivity index is 2.15. The highest BCUT2D eigenvalue weighted by molar-refractivity contribution is 6.16. The third kappa shape index (κ3) is 2.28. The third-order valence-electron chi connectivity index (χ3n) is 2.84. The number of carbonyl (C=O) groups excluding carboxylic acids is 2. The molecule has 0 saturated carbocycles. The van der Waals surface area contributed by atoms with Crippen LogP contribution < -0.4 is 0 Å². The van der Waals surface area contributed by atoms with Gasteiger partial charge in [-0.15, -0.1) is 0 Å².